The van der Waals surface area contributed by atoms with Crippen LogP contribution in [0.3, 0.4) is 0 Å². The van der Waals surface area contributed by atoms with Crippen LogP contribution in [0.1, 0.15) is 32.3 Å². The average molecular weight is 432 g/mol. The number of rotatable bonds is 6. The van der Waals surface area contributed by atoms with Crippen molar-refractivity contribution in [3.63, 3.8) is 0 Å². The van der Waals surface area contributed by atoms with Crippen LogP contribution < -0.4 is 10.6 Å². The van der Waals surface area contributed by atoms with E-state index < -0.39 is 0 Å². The van der Waals surface area contributed by atoms with E-state index in [9.17, 15) is 5.11 Å². The van der Waals surface area contributed by atoms with Gasteiger partial charge in [0.25, 0.3) is 0 Å². The summed E-state index contributed by atoms with van der Waals surface area (Å²) < 4.78 is 0. The molecule has 130 valence electrons. The predicted octanol–water partition coefficient (Wildman–Crippen LogP) is 2.55. The molecule has 0 amide bonds. The third-order valence-electron chi connectivity index (χ3n) is 4.11. The maximum absolute atomic E-state index is 9.31. The number of hydrogen-bond acceptors (Lipinski definition) is 3. The van der Waals surface area contributed by atoms with Gasteiger partial charge in [0, 0.05) is 19.1 Å². The molecule has 0 spiro atoms. The first-order valence-corrected chi connectivity index (χ1v) is 8.27. The zero-order chi connectivity index (χ0) is 15.8. The van der Waals surface area contributed by atoms with Crippen LogP contribution in [0.2, 0.25) is 0 Å². The fraction of sp³-hybridized carbons (Fsp3) is 0.588. The molecule has 6 heteroatoms. The predicted molar refractivity (Wildman–Crippen MR) is 107 cm³/mol. The van der Waals surface area contributed by atoms with Gasteiger partial charge in [0.15, 0.2) is 5.96 Å². The molecular weight excluding hydrogens is 403 g/mol. The first-order valence-electron chi connectivity index (χ1n) is 8.27. The number of hydrogen-bond donors (Lipinski definition) is 3. The van der Waals surface area contributed by atoms with Crippen LogP contribution in [0, 0.1) is 0 Å². The second-order valence-electron chi connectivity index (χ2n) is 5.67. The number of aliphatic imine (C=N–C) groups is 1. The largest absolute Gasteiger partial charge is 0.508 e. The summed E-state index contributed by atoms with van der Waals surface area (Å²) in [6.07, 6.45) is 2.56. The minimum atomic E-state index is 0. The summed E-state index contributed by atoms with van der Waals surface area (Å²) in [6, 6.07) is 7.81. The molecule has 1 atom stereocenters. The molecule has 1 unspecified atom stereocenters. The molecule has 0 aromatic heterocycles. The van der Waals surface area contributed by atoms with Crippen LogP contribution >= 0.6 is 24.0 Å². The fourth-order valence-corrected chi connectivity index (χ4v) is 2.87. The summed E-state index contributed by atoms with van der Waals surface area (Å²) in [5.74, 6) is 1.15. The van der Waals surface area contributed by atoms with Crippen LogP contribution in [-0.2, 0) is 6.54 Å². The average Bonchev–Trinajstić information content (AvgIpc) is 2.99. The summed E-state index contributed by atoms with van der Waals surface area (Å²) in [4.78, 5) is 7.14. The number of guanidine groups is 1. The Labute approximate surface area is 156 Å². The van der Waals surface area contributed by atoms with E-state index in [4.69, 9.17) is 0 Å². The fourth-order valence-electron chi connectivity index (χ4n) is 2.87. The lowest BCUT2D eigenvalue weighted by Gasteiger charge is -2.24. The highest BCUT2D eigenvalue weighted by molar-refractivity contribution is 14.0. The second-order valence-corrected chi connectivity index (χ2v) is 5.67. The lowest BCUT2D eigenvalue weighted by Crippen LogP contribution is -2.44. The van der Waals surface area contributed by atoms with Crippen LogP contribution in [0.15, 0.2) is 29.3 Å². The molecule has 0 aliphatic carbocycles. The van der Waals surface area contributed by atoms with E-state index in [0.717, 1.165) is 31.2 Å². The van der Waals surface area contributed by atoms with Crippen LogP contribution in [0.25, 0.3) is 0 Å². The van der Waals surface area contributed by atoms with E-state index in [0.29, 0.717) is 18.3 Å². The molecule has 1 aliphatic heterocycles. The molecule has 1 saturated heterocycles. The van der Waals surface area contributed by atoms with E-state index >= 15 is 0 Å². The number of aromatic hydroxyl groups is 1. The summed E-state index contributed by atoms with van der Waals surface area (Å²) in [5.41, 5.74) is 1.09. The Morgan fingerprint density at radius 3 is 2.65 bits per heavy atom. The van der Waals surface area contributed by atoms with Crippen molar-refractivity contribution in [1.82, 2.24) is 15.5 Å². The molecule has 5 nitrogen and oxygen atoms in total. The van der Waals surface area contributed by atoms with Crippen LogP contribution in [-0.4, -0.2) is 48.2 Å². The van der Waals surface area contributed by atoms with Gasteiger partial charge in [0.2, 0.25) is 0 Å². The van der Waals surface area contributed by atoms with Crippen molar-refractivity contribution < 1.29 is 5.11 Å². The molecule has 0 radical (unpaired) electrons. The number of benzene rings is 1. The van der Waals surface area contributed by atoms with E-state index in [2.05, 4.69) is 34.4 Å². The summed E-state index contributed by atoms with van der Waals surface area (Å²) in [6.45, 7) is 9.03. The zero-order valence-electron chi connectivity index (χ0n) is 14.1. The third kappa shape index (κ3) is 6.55. The van der Waals surface area contributed by atoms with Gasteiger partial charge in [-0.1, -0.05) is 19.1 Å². The van der Waals surface area contributed by atoms with Crippen molar-refractivity contribution in [2.75, 3.05) is 26.2 Å². The number of likely N-dealkylation sites (tertiary alicyclic amines) is 1. The van der Waals surface area contributed by atoms with E-state index in [1.54, 1.807) is 12.1 Å². The van der Waals surface area contributed by atoms with Crippen molar-refractivity contribution in [2.24, 2.45) is 4.99 Å². The minimum absolute atomic E-state index is 0. The van der Waals surface area contributed by atoms with Gasteiger partial charge in [0.1, 0.15) is 5.75 Å². The summed E-state index contributed by atoms with van der Waals surface area (Å²) in [5, 5.41) is 16.1. The SMILES string of the molecule is CCNC(=NCc1ccc(O)cc1)NCC1CCCN1CC.I. The van der Waals surface area contributed by atoms with Crippen molar-refractivity contribution in [3.8, 4) is 5.75 Å². The summed E-state index contributed by atoms with van der Waals surface area (Å²) in [7, 11) is 0. The van der Waals surface area contributed by atoms with Crippen molar-refractivity contribution >= 4 is 29.9 Å². The maximum atomic E-state index is 9.31. The lowest BCUT2D eigenvalue weighted by atomic mass is 10.2. The molecule has 1 fully saturated rings. The molecule has 1 aliphatic rings. The smallest absolute Gasteiger partial charge is 0.191 e. The van der Waals surface area contributed by atoms with Crippen molar-refractivity contribution in [3.05, 3.63) is 29.8 Å². The van der Waals surface area contributed by atoms with E-state index in [1.165, 1.54) is 19.4 Å². The van der Waals surface area contributed by atoms with Crippen molar-refractivity contribution in [2.45, 2.75) is 39.3 Å². The second kappa shape index (κ2) is 10.7. The van der Waals surface area contributed by atoms with Gasteiger partial charge in [-0.2, -0.15) is 0 Å². The quantitative estimate of drug-likeness (QED) is 0.368. The zero-order valence-corrected chi connectivity index (χ0v) is 16.4. The number of phenols is 1. The highest BCUT2D eigenvalue weighted by Gasteiger charge is 2.22. The Kier molecular flexibility index (Phi) is 9.31. The van der Waals surface area contributed by atoms with Gasteiger partial charge in [-0.3, -0.25) is 4.90 Å². The Morgan fingerprint density at radius 2 is 2.00 bits per heavy atom. The Hall–Kier alpha value is -1.02. The molecule has 1 aromatic carbocycles. The van der Waals surface area contributed by atoms with Crippen LogP contribution in [0.5, 0.6) is 5.75 Å². The standard InChI is InChI=1S/C17H28N4O.HI/c1-3-18-17(19-12-14-7-9-16(22)10-8-14)20-13-15-6-5-11-21(15)4-2;/h7-10,15,22H,3-6,11-13H2,1-2H3,(H2,18,19,20);1H. The number of phenolic OH excluding ortho intramolecular Hbond substituents is 1. The normalized spacial score (nSPS) is 18.5. The van der Waals surface area contributed by atoms with Crippen LogP contribution in [0.4, 0.5) is 0 Å². The third-order valence-corrected chi connectivity index (χ3v) is 4.11. The lowest BCUT2D eigenvalue weighted by molar-refractivity contribution is 0.267. The highest BCUT2D eigenvalue weighted by Crippen LogP contribution is 2.15. The highest BCUT2D eigenvalue weighted by atomic mass is 127. The van der Waals surface area contributed by atoms with Gasteiger partial charge in [-0.25, -0.2) is 4.99 Å². The Morgan fingerprint density at radius 1 is 1.26 bits per heavy atom. The number of likely N-dealkylation sites (N-methyl/N-ethyl adjacent to an activating group) is 1. The van der Waals surface area contributed by atoms with Crippen molar-refractivity contribution in [1.29, 1.82) is 0 Å². The molecule has 1 heterocycles. The molecule has 23 heavy (non-hydrogen) atoms. The number of nitrogens with zero attached hydrogens (tertiary/aromatic N) is 2. The maximum Gasteiger partial charge on any atom is 0.191 e. The van der Waals surface area contributed by atoms with E-state index in [-0.39, 0.29) is 24.0 Å². The molecule has 2 rings (SSSR count). The number of halogens is 1. The molecule has 0 bridgehead atoms. The first-order chi connectivity index (χ1) is 10.7. The van der Waals surface area contributed by atoms with Gasteiger partial charge in [0.05, 0.1) is 6.54 Å². The Bertz CT molecular complexity index is 478. The van der Waals surface area contributed by atoms with Gasteiger partial charge < -0.3 is 15.7 Å². The van der Waals surface area contributed by atoms with Gasteiger partial charge in [-0.15, -0.1) is 24.0 Å². The Balaban J connectivity index is 0.00000264. The number of nitrogens with one attached hydrogen (secondary N) is 2. The van der Waals surface area contributed by atoms with E-state index in [1.807, 2.05) is 12.1 Å². The topological polar surface area (TPSA) is 59.9 Å². The molecule has 1 aromatic rings. The monoisotopic (exact) mass is 432 g/mol. The molecular formula is C17H29IN4O. The van der Waals surface area contributed by atoms with Gasteiger partial charge in [-0.05, 0) is 50.6 Å². The molecule has 0 saturated carbocycles. The summed E-state index contributed by atoms with van der Waals surface area (Å²) >= 11 is 0. The first kappa shape index (κ1) is 20.0. The molecule has 3 N–H and O–H groups in total. The van der Waals surface area contributed by atoms with Gasteiger partial charge >= 0.3 is 0 Å². The minimum Gasteiger partial charge on any atom is -0.508 e.